The van der Waals surface area contributed by atoms with Crippen LogP contribution in [0.25, 0.3) is 0 Å². The summed E-state index contributed by atoms with van der Waals surface area (Å²) in [4.78, 5) is 11.2. The van der Waals surface area contributed by atoms with Crippen LogP contribution in [0.5, 0.6) is 0 Å². The number of hydrogen-bond donors (Lipinski definition) is 1. The number of nitrogens with one attached hydrogen (secondary N) is 1. The minimum atomic E-state index is -0.308. The first-order valence-corrected chi connectivity index (χ1v) is 4.17. The third kappa shape index (κ3) is 3.28. The number of hydrogen-bond acceptors (Lipinski definition) is 1. The number of benzene rings is 1. The highest BCUT2D eigenvalue weighted by Crippen LogP contribution is 2.02. The van der Waals surface area contributed by atoms with Crippen molar-refractivity contribution in [3.05, 3.63) is 35.6 Å². The highest BCUT2D eigenvalue weighted by Gasteiger charge is 2.01. The first kappa shape index (κ1) is 10.3. The smallest absolute Gasteiger partial charge is 0.225 e. The molecule has 1 aromatic carbocycles. The second-order valence-electron chi connectivity index (χ2n) is 2.78. The lowest BCUT2D eigenvalue weighted by Crippen LogP contribution is -2.25. The largest absolute Gasteiger partial charge is 0.345 e. The second kappa shape index (κ2) is 5.03. The van der Waals surface area contributed by atoms with E-state index in [1.807, 2.05) is 0 Å². The van der Waals surface area contributed by atoms with Crippen LogP contribution in [0.15, 0.2) is 24.3 Å². The molecule has 72 valence electrons. The molecule has 0 fully saturated rings. The number of terminal acetylenes is 1. The summed E-state index contributed by atoms with van der Waals surface area (Å²) in [5.74, 6) is 1.84. The standard InChI is InChI=1S/C11H10FNO/c1-2-7-13-11(14)8-9-3-5-10(12)6-4-9/h1,3-6H,7-8H2,(H,13,14). The van der Waals surface area contributed by atoms with E-state index in [0.29, 0.717) is 0 Å². The molecule has 0 spiro atoms. The molecule has 0 saturated carbocycles. The van der Waals surface area contributed by atoms with Gasteiger partial charge in [0.1, 0.15) is 5.82 Å². The van der Waals surface area contributed by atoms with E-state index >= 15 is 0 Å². The van der Waals surface area contributed by atoms with E-state index in [0.717, 1.165) is 5.56 Å². The average molecular weight is 191 g/mol. The van der Waals surface area contributed by atoms with Gasteiger partial charge in [0.2, 0.25) is 5.91 Å². The molecule has 0 radical (unpaired) electrons. The number of rotatable bonds is 3. The summed E-state index contributed by atoms with van der Waals surface area (Å²) in [7, 11) is 0. The zero-order chi connectivity index (χ0) is 10.4. The van der Waals surface area contributed by atoms with Crippen LogP contribution in [0.1, 0.15) is 5.56 Å². The highest BCUT2D eigenvalue weighted by molar-refractivity contribution is 5.78. The summed E-state index contributed by atoms with van der Waals surface area (Å²) in [6.45, 7) is 0.222. The normalized spacial score (nSPS) is 9.14. The average Bonchev–Trinajstić information content (AvgIpc) is 2.18. The van der Waals surface area contributed by atoms with Crippen LogP contribution in [0.3, 0.4) is 0 Å². The van der Waals surface area contributed by atoms with Gasteiger partial charge in [-0.15, -0.1) is 6.42 Å². The molecule has 2 nitrogen and oxygen atoms in total. The van der Waals surface area contributed by atoms with Crippen LogP contribution in [0.2, 0.25) is 0 Å². The number of carbonyl (C=O) groups excluding carboxylic acids is 1. The zero-order valence-electron chi connectivity index (χ0n) is 7.59. The Bertz CT molecular complexity index is 351. The third-order valence-electron chi connectivity index (χ3n) is 1.67. The molecule has 1 N–H and O–H groups in total. The molecule has 1 aromatic rings. The molecular weight excluding hydrogens is 181 g/mol. The maximum absolute atomic E-state index is 12.5. The second-order valence-corrected chi connectivity index (χ2v) is 2.78. The zero-order valence-corrected chi connectivity index (χ0v) is 7.59. The van der Waals surface area contributed by atoms with Crippen LogP contribution in [0.4, 0.5) is 4.39 Å². The van der Waals surface area contributed by atoms with Crippen molar-refractivity contribution < 1.29 is 9.18 Å². The topological polar surface area (TPSA) is 29.1 Å². The molecule has 0 aliphatic rings. The van der Waals surface area contributed by atoms with Crippen molar-refractivity contribution in [2.75, 3.05) is 6.54 Å². The van der Waals surface area contributed by atoms with Crippen molar-refractivity contribution in [2.24, 2.45) is 0 Å². The maximum atomic E-state index is 12.5. The molecule has 0 aliphatic heterocycles. The van der Waals surface area contributed by atoms with E-state index in [9.17, 15) is 9.18 Å². The molecule has 3 heteroatoms. The summed E-state index contributed by atoms with van der Waals surface area (Å²) in [6.07, 6.45) is 5.20. The first-order valence-electron chi connectivity index (χ1n) is 4.17. The Morgan fingerprint density at radius 1 is 1.43 bits per heavy atom. The molecule has 0 aliphatic carbocycles. The van der Waals surface area contributed by atoms with E-state index in [2.05, 4.69) is 11.2 Å². The molecule has 0 atom stereocenters. The SMILES string of the molecule is C#CCNC(=O)Cc1ccc(F)cc1. The van der Waals surface area contributed by atoms with Gasteiger partial charge < -0.3 is 5.32 Å². The quantitative estimate of drug-likeness (QED) is 0.713. The molecule has 0 aromatic heterocycles. The number of amides is 1. The summed E-state index contributed by atoms with van der Waals surface area (Å²) >= 11 is 0. The van der Waals surface area contributed by atoms with E-state index in [4.69, 9.17) is 6.42 Å². The molecule has 1 amide bonds. The van der Waals surface area contributed by atoms with E-state index in [1.54, 1.807) is 12.1 Å². The summed E-state index contributed by atoms with van der Waals surface area (Å²) in [5, 5.41) is 2.53. The van der Waals surface area contributed by atoms with Crippen LogP contribution in [-0.4, -0.2) is 12.5 Å². The maximum Gasteiger partial charge on any atom is 0.225 e. The van der Waals surface area contributed by atoms with Crippen LogP contribution < -0.4 is 5.32 Å². The molecule has 0 bridgehead atoms. The highest BCUT2D eigenvalue weighted by atomic mass is 19.1. The molecule has 0 heterocycles. The Morgan fingerprint density at radius 3 is 2.64 bits per heavy atom. The van der Waals surface area contributed by atoms with Crippen molar-refractivity contribution in [3.63, 3.8) is 0 Å². The number of halogens is 1. The molecule has 0 unspecified atom stereocenters. The fourth-order valence-corrected chi connectivity index (χ4v) is 1.000. The van der Waals surface area contributed by atoms with Gasteiger partial charge in [-0.3, -0.25) is 4.79 Å². The van der Waals surface area contributed by atoms with Crippen LogP contribution in [0, 0.1) is 18.2 Å². The number of carbonyl (C=O) groups is 1. The van der Waals surface area contributed by atoms with E-state index in [1.165, 1.54) is 12.1 Å². The Morgan fingerprint density at radius 2 is 2.07 bits per heavy atom. The van der Waals surface area contributed by atoms with E-state index in [-0.39, 0.29) is 24.7 Å². The van der Waals surface area contributed by atoms with Gasteiger partial charge in [0, 0.05) is 0 Å². The van der Waals surface area contributed by atoms with Crippen molar-refractivity contribution in [1.82, 2.24) is 5.32 Å². The van der Waals surface area contributed by atoms with Crippen LogP contribution >= 0.6 is 0 Å². The predicted octanol–water partition coefficient (Wildman–Crippen LogP) is 1.12. The first-order chi connectivity index (χ1) is 6.72. The Kier molecular flexibility index (Phi) is 3.69. The van der Waals surface area contributed by atoms with Crippen molar-refractivity contribution in [2.45, 2.75) is 6.42 Å². The summed E-state index contributed by atoms with van der Waals surface area (Å²) in [5.41, 5.74) is 0.765. The van der Waals surface area contributed by atoms with Gasteiger partial charge in [0.05, 0.1) is 13.0 Å². The molecule has 0 saturated heterocycles. The fourth-order valence-electron chi connectivity index (χ4n) is 1.000. The van der Waals surface area contributed by atoms with E-state index < -0.39 is 0 Å². The Balaban J connectivity index is 2.49. The predicted molar refractivity (Wildman–Crippen MR) is 51.9 cm³/mol. The minimum absolute atomic E-state index is 0.158. The molecule has 14 heavy (non-hydrogen) atoms. The van der Waals surface area contributed by atoms with Gasteiger partial charge in [-0.05, 0) is 17.7 Å². The Labute approximate surface area is 82.1 Å². The lowest BCUT2D eigenvalue weighted by molar-refractivity contribution is -0.120. The molecule has 1 rings (SSSR count). The monoisotopic (exact) mass is 191 g/mol. The lowest BCUT2D eigenvalue weighted by atomic mass is 10.1. The summed E-state index contributed by atoms with van der Waals surface area (Å²) in [6, 6.07) is 5.79. The van der Waals surface area contributed by atoms with Crippen molar-refractivity contribution in [1.29, 1.82) is 0 Å². The van der Waals surface area contributed by atoms with Gasteiger partial charge in [0.25, 0.3) is 0 Å². The van der Waals surface area contributed by atoms with Gasteiger partial charge >= 0.3 is 0 Å². The van der Waals surface area contributed by atoms with Crippen molar-refractivity contribution >= 4 is 5.91 Å². The fraction of sp³-hybridized carbons (Fsp3) is 0.182. The lowest BCUT2D eigenvalue weighted by Gasteiger charge is -2.01. The van der Waals surface area contributed by atoms with Gasteiger partial charge in [-0.2, -0.15) is 0 Å². The summed E-state index contributed by atoms with van der Waals surface area (Å²) < 4.78 is 12.5. The van der Waals surface area contributed by atoms with Gasteiger partial charge in [0.15, 0.2) is 0 Å². The third-order valence-corrected chi connectivity index (χ3v) is 1.67. The van der Waals surface area contributed by atoms with Gasteiger partial charge in [-0.1, -0.05) is 18.1 Å². The minimum Gasteiger partial charge on any atom is -0.345 e. The van der Waals surface area contributed by atoms with Crippen LogP contribution in [-0.2, 0) is 11.2 Å². The Hall–Kier alpha value is -1.82. The molecular formula is C11H10FNO. The van der Waals surface area contributed by atoms with Gasteiger partial charge in [-0.25, -0.2) is 4.39 Å². The van der Waals surface area contributed by atoms with Crippen molar-refractivity contribution in [3.8, 4) is 12.3 Å².